The van der Waals surface area contributed by atoms with Crippen LogP contribution in [0.5, 0.6) is 11.5 Å². The summed E-state index contributed by atoms with van der Waals surface area (Å²) in [6.45, 7) is 0.693. The molecule has 176 valence electrons. The van der Waals surface area contributed by atoms with E-state index >= 15 is 0 Å². The summed E-state index contributed by atoms with van der Waals surface area (Å²) in [6, 6.07) is 28.3. The average Bonchev–Trinajstić information content (AvgIpc) is 2.89. The van der Waals surface area contributed by atoms with Crippen molar-refractivity contribution in [2.45, 2.75) is 0 Å². The lowest BCUT2D eigenvalue weighted by molar-refractivity contribution is 0.101. The Bertz CT molecular complexity index is 1290. The predicted octanol–water partition coefficient (Wildman–Crippen LogP) is 5.79. The molecular weight excluding hydrogens is 447 g/mol. The van der Waals surface area contributed by atoms with Crippen LogP contribution < -0.4 is 20.1 Å². The highest BCUT2D eigenvalue weighted by Crippen LogP contribution is 2.18. The molecule has 0 fully saturated rings. The molecule has 0 aliphatic heterocycles. The molecule has 0 unspecified atom stereocenters. The van der Waals surface area contributed by atoms with Gasteiger partial charge in [0.2, 0.25) is 0 Å². The van der Waals surface area contributed by atoms with E-state index in [0.717, 1.165) is 5.75 Å². The van der Waals surface area contributed by atoms with Gasteiger partial charge in [0, 0.05) is 22.5 Å². The van der Waals surface area contributed by atoms with E-state index < -0.39 is 0 Å². The summed E-state index contributed by atoms with van der Waals surface area (Å²) in [7, 11) is 0. The van der Waals surface area contributed by atoms with Crippen LogP contribution in [-0.4, -0.2) is 25.0 Å². The fourth-order valence-electron chi connectivity index (χ4n) is 3.24. The monoisotopic (exact) mass is 470 g/mol. The molecule has 0 atom stereocenters. The summed E-state index contributed by atoms with van der Waals surface area (Å²) >= 11 is 0. The number of para-hydroxylation sites is 1. The first-order valence-electron chi connectivity index (χ1n) is 11.0. The van der Waals surface area contributed by atoms with Gasteiger partial charge in [-0.1, -0.05) is 30.3 Å². The van der Waals surface area contributed by atoms with Crippen LogP contribution in [0, 0.1) is 5.82 Å². The van der Waals surface area contributed by atoms with Crippen molar-refractivity contribution in [2.75, 3.05) is 23.8 Å². The van der Waals surface area contributed by atoms with E-state index in [9.17, 15) is 14.0 Å². The van der Waals surface area contributed by atoms with Crippen LogP contribution in [-0.2, 0) is 0 Å². The molecule has 0 aromatic heterocycles. The first kappa shape index (κ1) is 23.5. The molecule has 4 aromatic carbocycles. The van der Waals surface area contributed by atoms with Gasteiger partial charge < -0.3 is 20.1 Å². The second kappa shape index (κ2) is 11.5. The zero-order valence-corrected chi connectivity index (χ0v) is 18.7. The molecule has 0 bridgehead atoms. The predicted molar refractivity (Wildman–Crippen MR) is 133 cm³/mol. The lowest BCUT2D eigenvalue weighted by Crippen LogP contribution is -2.15. The molecule has 6 nitrogen and oxygen atoms in total. The van der Waals surface area contributed by atoms with Crippen LogP contribution in [0.1, 0.15) is 20.7 Å². The van der Waals surface area contributed by atoms with Crippen molar-refractivity contribution in [1.82, 2.24) is 0 Å². The Morgan fingerprint density at radius 2 is 1.17 bits per heavy atom. The number of ether oxygens (including phenoxy) is 2. The number of carbonyl (C=O) groups is 2. The lowest BCUT2D eigenvalue weighted by atomic mass is 10.1. The summed E-state index contributed by atoms with van der Waals surface area (Å²) < 4.78 is 24.4. The van der Waals surface area contributed by atoms with Gasteiger partial charge in [0.25, 0.3) is 11.8 Å². The van der Waals surface area contributed by atoms with E-state index in [1.54, 1.807) is 48.5 Å². The third-order valence-electron chi connectivity index (χ3n) is 4.94. The van der Waals surface area contributed by atoms with Gasteiger partial charge >= 0.3 is 0 Å². The van der Waals surface area contributed by atoms with Crippen LogP contribution in [0.2, 0.25) is 0 Å². The molecule has 0 saturated heterocycles. The Morgan fingerprint density at radius 3 is 1.89 bits per heavy atom. The number of carbonyl (C=O) groups excluding carboxylic acids is 2. The highest BCUT2D eigenvalue weighted by Gasteiger charge is 2.11. The van der Waals surface area contributed by atoms with Crippen molar-refractivity contribution < 1.29 is 23.5 Å². The third-order valence-corrected chi connectivity index (χ3v) is 4.94. The maximum Gasteiger partial charge on any atom is 0.255 e. The average molecular weight is 471 g/mol. The third kappa shape index (κ3) is 6.91. The van der Waals surface area contributed by atoms with Crippen molar-refractivity contribution >= 4 is 23.2 Å². The zero-order chi connectivity index (χ0) is 24.5. The van der Waals surface area contributed by atoms with E-state index in [4.69, 9.17) is 9.47 Å². The SMILES string of the molecule is O=C(Nc1ccc(F)cc1)c1cccc(NC(=O)c2cccc(OCCOc3ccccc3)c2)c1. The molecule has 0 aliphatic rings. The number of amides is 2. The topological polar surface area (TPSA) is 76.7 Å². The summed E-state index contributed by atoms with van der Waals surface area (Å²) in [6.07, 6.45) is 0. The number of benzene rings is 4. The molecule has 0 heterocycles. The Labute approximate surface area is 202 Å². The highest BCUT2D eigenvalue weighted by molar-refractivity contribution is 6.07. The Balaban J connectivity index is 1.32. The van der Waals surface area contributed by atoms with Crippen LogP contribution in [0.25, 0.3) is 0 Å². The van der Waals surface area contributed by atoms with Gasteiger partial charge in [0.05, 0.1) is 0 Å². The molecule has 0 saturated carbocycles. The second-order valence-corrected chi connectivity index (χ2v) is 7.53. The largest absolute Gasteiger partial charge is 0.490 e. The summed E-state index contributed by atoms with van der Waals surface area (Å²) in [5, 5.41) is 5.49. The standard InChI is InChI=1S/C28H23FN2O4/c29-22-12-14-23(15-13-22)30-27(32)20-6-4-8-24(18-20)31-28(33)21-7-5-11-26(19-21)35-17-16-34-25-9-2-1-3-10-25/h1-15,18-19H,16-17H2,(H,30,32)(H,31,33). The highest BCUT2D eigenvalue weighted by atomic mass is 19.1. The molecule has 0 spiro atoms. The minimum atomic E-state index is -0.386. The summed E-state index contributed by atoms with van der Waals surface area (Å²) in [5.74, 6) is 0.204. The molecule has 35 heavy (non-hydrogen) atoms. The fraction of sp³-hybridized carbons (Fsp3) is 0.0714. The first-order chi connectivity index (χ1) is 17.1. The normalized spacial score (nSPS) is 10.3. The maximum absolute atomic E-state index is 13.1. The van der Waals surface area contributed by atoms with Gasteiger partial charge in [0.1, 0.15) is 30.5 Å². The Kier molecular flexibility index (Phi) is 7.70. The molecule has 0 aliphatic carbocycles. The maximum atomic E-state index is 13.1. The van der Waals surface area contributed by atoms with Gasteiger partial charge in [-0.3, -0.25) is 9.59 Å². The van der Waals surface area contributed by atoms with E-state index in [1.165, 1.54) is 24.3 Å². The molecule has 4 rings (SSSR count). The number of rotatable bonds is 9. The van der Waals surface area contributed by atoms with Crippen molar-refractivity contribution in [1.29, 1.82) is 0 Å². The van der Waals surface area contributed by atoms with E-state index in [2.05, 4.69) is 10.6 Å². The van der Waals surface area contributed by atoms with E-state index in [-0.39, 0.29) is 17.6 Å². The van der Waals surface area contributed by atoms with Gasteiger partial charge in [0.15, 0.2) is 0 Å². The first-order valence-corrected chi connectivity index (χ1v) is 11.0. The quantitative estimate of drug-likeness (QED) is 0.304. The van der Waals surface area contributed by atoms with Crippen LogP contribution >= 0.6 is 0 Å². The molecular formula is C28H23FN2O4. The Morgan fingerprint density at radius 1 is 0.600 bits per heavy atom. The number of hydrogen-bond acceptors (Lipinski definition) is 4. The second-order valence-electron chi connectivity index (χ2n) is 7.53. The minimum absolute atomic E-state index is 0.325. The molecule has 2 N–H and O–H groups in total. The fourth-order valence-corrected chi connectivity index (χ4v) is 3.24. The molecule has 7 heteroatoms. The van der Waals surface area contributed by atoms with Gasteiger partial charge in [-0.2, -0.15) is 0 Å². The number of halogens is 1. The van der Waals surface area contributed by atoms with Crippen molar-refractivity contribution in [3.05, 3.63) is 120 Å². The summed E-state index contributed by atoms with van der Waals surface area (Å²) in [4.78, 5) is 25.3. The van der Waals surface area contributed by atoms with E-state index in [1.807, 2.05) is 30.3 Å². The Hall–Kier alpha value is -4.65. The van der Waals surface area contributed by atoms with Gasteiger partial charge in [-0.25, -0.2) is 4.39 Å². The molecule has 0 radical (unpaired) electrons. The smallest absolute Gasteiger partial charge is 0.255 e. The number of anilines is 2. The van der Waals surface area contributed by atoms with Crippen molar-refractivity contribution in [3.8, 4) is 11.5 Å². The number of nitrogens with one attached hydrogen (secondary N) is 2. The van der Waals surface area contributed by atoms with Crippen LogP contribution in [0.3, 0.4) is 0 Å². The molecule has 4 aromatic rings. The zero-order valence-electron chi connectivity index (χ0n) is 18.7. The van der Waals surface area contributed by atoms with Gasteiger partial charge in [-0.05, 0) is 72.8 Å². The van der Waals surface area contributed by atoms with E-state index in [0.29, 0.717) is 41.5 Å². The van der Waals surface area contributed by atoms with Crippen molar-refractivity contribution in [2.24, 2.45) is 0 Å². The van der Waals surface area contributed by atoms with Gasteiger partial charge in [-0.15, -0.1) is 0 Å². The lowest BCUT2D eigenvalue weighted by Gasteiger charge is -2.11. The molecule has 2 amide bonds. The minimum Gasteiger partial charge on any atom is -0.490 e. The van der Waals surface area contributed by atoms with Crippen molar-refractivity contribution in [3.63, 3.8) is 0 Å². The summed E-state index contributed by atoms with van der Waals surface area (Å²) in [5.41, 5.74) is 1.69. The van der Waals surface area contributed by atoms with Crippen LogP contribution in [0.4, 0.5) is 15.8 Å². The van der Waals surface area contributed by atoms with Crippen LogP contribution in [0.15, 0.2) is 103 Å². The number of hydrogen-bond donors (Lipinski definition) is 2.